The second kappa shape index (κ2) is 7.56. The number of amides is 1. The van der Waals surface area contributed by atoms with Gasteiger partial charge in [0.1, 0.15) is 5.75 Å². The van der Waals surface area contributed by atoms with Gasteiger partial charge in [0.25, 0.3) is 5.91 Å². The molecule has 0 aliphatic heterocycles. The van der Waals surface area contributed by atoms with E-state index in [4.69, 9.17) is 4.74 Å². The average Bonchev–Trinajstić information content (AvgIpc) is 3.36. The van der Waals surface area contributed by atoms with Gasteiger partial charge in [-0.05, 0) is 55.7 Å². The fourth-order valence-corrected chi connectivity index (χ4v) is 2.78. The van der Waals surface area contributed by atoms with Gasteiger partial charge in [0.15, 0.2) is 0 Å². The zero-order valence-corrected chi connectivity index (χ0v) is 14.6. The lowest BCUT2D eigenvalue weighted by Crippen LogP contribution is -2.33. The predicted octanol–water partition coefficient (Wildman–Crippen LogP) is 4.01. The number of aryl methyl sites for hydroxylation is 1. The summed E-state index contributed by atoms with van der Waals surface area (Å²) in [5.74, 6) is 0.944. The molecule has 0 atom stereocenters. The van der Waals surface area contributed by atoms with Crippen LogP contribution in [-0.4, -0.2) is 28.0 Å². The van der Waals surface area contributed by atoms with Crippen molar-refractivity contribution in [3.8, 4) is 5.75 Å². The van der Waals surface area contributed by atoms with Gasteiger partial charge in [0.05, 0.1) is 13.2 Å². The first kappa shape index (κ1) is 16.6. The molecule has 1 amide bonds. The van der Waals surface area contributed by atoms with Gasteiger partial charge in [-0.1, -0.05) is 13.3 Å². The molecule has 1 heterocycles. The Hall–Kier alpha value is -2.23. The third-order valence-corrected chi connectivity index (χ3v) is 4.50. The number of hydrogen-bond acceptors (Lipinski definition) is 2. The van der Waals surface area contributed by atoms with E-state index in [-0.39, 0.29) is 5.91 Å². The van der Waals surface area contributed by atoms with Crippen molar-refractivity contribution in [2.45, 2.75) is 45.2 Å². The number of carbonyl (C=O) groups is 1. The summed E-state index contributed by atoms with van der Waals surface area (Å²) < 4.78 is 7.75. The van der Waals surface area contributed by atoms with Gasteiger partial charge < -0.3 is 14.2 Å². The molecule has 0 radical (unpaired) electrons. The summed E-state index contributed by atoms with van der Waals surface area (Å²) in [6, 6.07) is 12.0. The van der Waals surface area contributed by atoms with E-state index in [1.807, 2.05) is 48.5 Å². The number of nitrogens with zero attached hydrogens (tertiary/aromatic N) is 2. The van der Waals surface area contributed by atoms with Gasteiger partial charge in [-0.3, -0.25) is 4.79 Å². The zero-order chi connectivity index (χ0) is 16.9. The van der Waals surface area contributed by atoms with Crippen LogP contribution in [0.3, 0.4) is 0 Å². The second-order valence-corrected chi connectivity index (χ2v) is 6.50. The van der Waals surface area contributed by atoms with E-state index in [9.17, 15) is 4.79 Å². The van der Waals surface area contributed by atoms with Crippen molar-refractivity contribution in [3.63, 3.8) is 0 Å². The standard InChI is InChI=1S/C20H26N2O2/c1-3-4-14-24-19-11-7-16(8-12-19)20(23)22(17-9-10-17)15-18-6-5-13-21(18)2/h5-8,11-13,17H,3-4,9-10,14-15H2,1-2H3. The molecular formula is C20H26N2O2. The van der Waals surface area contributed by atoms with Crippen LogP contribution in [-0.2, 0) is 13.6 Å². The maximum atomic E-state index is 12.9. The average molecular weight is 326 g/mol. The van der Waals surface area contributed by atoms with Crippen LogP contribution >= 0.6 is 0 Å². The van der Waals surface area contributed by atoms with Crippen LogP contribution in [0.5, 0.6) is 5.75 Å². The lowest BCUT2D eigenvalue weighted by atomic mass is 10.2. The smallest absolute Gasteiger partial charge is 0.254 e. The van der Waals surface area contributed by atoms with Gasteiger partial charge in [-0.2, -0.15) is 0 Å². The molecule has 0 saturated heterocycles. The van der Waals surface area contributed by atoms with Crippen molar-refractivity contribution in [3.05, 3.63) is 53.9 Å². The Morgan fingerprint density at radius 1 is 1.25 bits per heavy atom. The van der Waals surface area contributed by atoms with Crippen molar-refractivity contribution in [2.24, 2.45) is 7.05 Å². The van der Waals surface area contributed by atoms with Crippen LogP contribution in [0.4, 0.5) is 0 Å². The molecule has 128 valence electrons. The zero-order valence-electron chi connectivity index (χ0n) is 14.6. The lowest BCUT2D eigenvalue weighted by Gasteiger charge is -2.23. The van der Waals surface area contributed by atoms with Crippen molar-refractivity contribution in [1.29, 1.82) is 0 Å². The molecule has 1 aromatic heterocycles. The summed E-state index contributed by atoms with van der Waals surface area (Å²) in [7, 11) is 2.02. The number of unbranched alkanes of at least 4 members (excludes halogenated alkanes) is 1. The summed E-state index contributed by atoms with van der Waals surface area (Å²) in [6.07, 6.45) is 6.40. The molecule has 1 aromatic carbocycles. The summed E-state index contributed by atoms with van der Waals surface area (Å²) >= 11 is 0. The molecule has 0 bridgehead atoms. The van der Waals surface area contributed by atoms with Crippen LogP contribution in [0.25, 0.3) is 0 Å². The number of benzene rings is 1. The minimum Gasteiger partial charge on any atom is -0.494 e. The first-order valence-electron chi connectivity index (χ1n) is 8.83. The third-order valence-electron chi connectivity index (χ3n) is 4.50. The Bertz CT molecular complexity index is 671. The number of ether oxygens (including phenoxy) is 1. The molecule has 0 spiro atoms. The number of rotatable bonds is 8. The highest BCUT2D eigenvalue weighted by Crippen LogP contribution is 2.30. The SMILES string of the molecule is CCCCOc1ccc(C(=O)N(Cc2cccn2C)C2CC2)cc1. The van der Waals surface area contributed by atoms with Gasteiger partial charge >= 0.3 is 0 Å². The van der Waals surface area contributed by atoms with Crippen LogP contribution in [0.2, 0.25) is 0 Å². The molecule has 3 rings (SSSR count). The highest BCUT2D eigenvalue weighted by atomic mass is 16.5. The van der Waals surface area contributed by atoms with E-state index in [2.05, 4.69) is 17.6 Å². The normalized spacial score (nSPS) is 13.8. The summed E-state index contributed by atoms with van der Waals surface area (Å²) in [6.45, 7) is 3.54. The van der Waals surface area contributed by atoms with Crippen LogP contribution in [0.1, 0.15) is 48.7 Å². The van der Waals surface area contributed by atoms with Crippen LogP contribution in [0.15, 0.2) is 42.6 Å². The second-order valence-electron chi connectivity index (χ2n) is 6.50. The fraction of sp³-hybridized carbons (Fsp3) is 0.450. The van der Waals surface area contributed by atoms with E-state index >= 15 is 0 Å². The molecule has 0 unspecified atom stereocenters. The third kappa shape index (κ3) is 3.99. The molecule has 0 N–H and O–H groups in total. The molecule has 2 aromatic rings. The number of carbonyl (C=O) groups excluding carboxylic acids is 1. The van der Waals surface area contributed by atoms with Gasteiger partial charge in [-0.25, -0.2) is 0 Å². The summed E-state index contributed by atoms with van der Waals surface area (Å²) in [4.78, 5) is 14.9. The van der Waals surface area contributed by atoms with E-state index in [1.165, 1.54) is 0 Å². The topological polar surface area (TPSA) is 34.5 Å². The van der Waals surface area contributed by atoms with Crippen molar-refractivity contribution < 1.29 is 9.53 Å². The Labute approximate surface area is 144 Å². The molecular weight excluding hydrogens is 300 g/mol. The number of hydrogen-bond donors (Lipinski definition) is 0. The first-order valence-corrected chi connectivity index (χ1v) is 8.83. The molecule has 4 heteroatoms. The summed E-state index contributed by atoms with van der Waals surface area (Å²) in [5.41, 5.74) is 1.90. The fourth-order valence-electron chi connectivity index (χ4n) is 2.78. The first-order chi connectivity index (χ1) is 11.7. The maximum absolute atomic E-state index is 12.9. The Balaban J connectivity index is 1.67. The van der Waals surface area contributed by atoms with E-state index < -0.39 is 0 Å². The molecule has 1 aliphatic rings. The highest BCUT2D eigenvalue weighted by molar-refractivity contribution is 5.94. The monoisotopic (exact) mass is 326 g/mol. The van der Waals surface area contributed by atoms with E-state index in [0.717, 1.165) is 49.3 Å². The minimum absolute atomic E-state index is 0.110. The maximum Gasteiger partial charge on any atom is 0.254 e. The minimum atomic E-state index is 0.110. The predicted molar refractivity (Wildman–Crippen MR) is 95.2 cm³/mol. The summed E-state index contributed by atoms with van der Waals surface area (Å²) in [5, 5.41) is 0. The van der Waals surface area contributed by atoms with E-state index in [1.54, 1.807) is 0 Å². The van der Waals surface area contributed by atoms with E-state index in [0.29, 0.717) is 12.6 Å². The Morgan fingerprint density at radius 2 is 2.00 bits per heavy atom. The molecule has 1 fully saturated rings. The quantitative estimate of drug-likeness (QED) is 0.687. The molecule has 1 saturated carbocycles. The lowest BCUT2D eigenvalue weighted by molar-refractivity contribution is 0.0726. The van der Waals surface area contributed by atoms with Crippen LogP contribution in [0, 0.1) is 0 Å². The van der Waals surface area contributed by atoms with Crippen molar-refractivity contribution >= 4 is 5.91 Å². The van der Waals surface area contributed by atoms with Gasteiger partial charge in [-0.15, -0.1) is 0 Å². The molecule has 24 heavy (non-hydrogen) atoms. The molecule has 1 aliphatic carbocycles. The van der Waals surface area contributed by atoms with Gasteiger partial charge in [0.2, 0.25) is 0 Å². The Morgan fingerprint density at radius 3 is 2.58 bits per heavy atom. The number of aromatic nitrogens is 1. The van der Waals surface area contributed by atoms with Crippen molar-refractivity contribution in [2.75, 3.05) is 6.61 Å². The van der Waals surface area contributed by atoms with Crippen LogP contribution < -0.4 is 4.74 Å². The largest absolute Gasteiger partial charge is 0.494 e. The Kier molecular flexibility index (Phi) is 5.24. The van der Waals surface area contributed by atoms with Crippen molar-refractivity contribution in [1.82, 2.24) is 9.47 Å². The van der Waals surface area contributed by atoms with Gasteiger partial charge in [0, 0.05) is 30.5 Å². The molecule has 4 nitrogen and oxygen atoms in total. The highest BCUT2D eigenvalue weighted by Gasteiger charge is 2.33.